The van der Waals surface area contributed by atoms with Gasteiger partial charge in [-0.15, -0.1) is 0 Å². The molecule has 0 aliphatic heterocycles. The van der Waals surface area contributed by atoms with E-state index in [1.807, 2.05) is 49.1 Å². The Morgan fingerprint density at radius 1 is 0.429 bits per heavy atom. The third-order valence-corrected chi connectivity index (χ3v) is 9.22. The molecule has 0 aromatic carbocycles. The molecular formula is C22H20N4P2. The summed E-state index contributed by atoms with van der Waals surface area (Å²) in [6.07, 6.45) is 9.48. The molecule has 0 amide bonds. The molecule has 0 atom stereocenters. The lowest BCUT2D eigenvalue weighted by Crippen LogP contribution is -2.24. The number of hydrogen-bond donors (Lipinski definition) is 0. The lowest BCUT2D eigenvalue weighted by molar-refractivity contribution is 1.34. The number of aromatic nitrogens is 4. The molecule has 4 nitrogen and oxygen atoms in total. The van der Waals surface area contributed by atoms with Crippen molar-refractivity contribution in [3.8, 4) is 0 Å². The van der Waals surface area contributed by atoms with Gasteiger partial charge in [0.05, 0.1) is 21.7 Å². The maximum Gasteiger partial charge on any atom is 0.0692 e. The summed E-state index contributed by atoms with van der Waals surface area (Å²) in [6.45, 7) is 0. The van der Waals surface area contributed by atoms with E-state index >= 15 is 0 Å². The quantitative estimate of drug-likeness (QED) is 0.446. The average molecular weight is 402 g/mol. The molecular weight excluding hydrogens is 382 g/mol. The Morgan fingerprint density at radius 3 is 0.929 bits per heavy atom. The summed E-state index contributed by atoms with van der Waals surface area (Å²) in [5.41, 5.74) is 4.47. The van der Waals surface area contributed by atoms with E-state index in [0.717, 1.165) is 34.1 Å². The van der Waals surface area contributed by atoms with Gasteiger partial charge >= 0.3 is 0 Å². The maximum atomic E-state index is 4.64. The molecule has 0 aliphatic rings. The van der Waals surface area contributed by atoms with Crippen LogP contribution in [0.15, 0.2) is 97.6 Å². The molecule has 4 aromatic heterocycles. The van der Waals surface area contributed by atoms with Crippen molar-refractivity contribution >= 4 is 37.6 Å². The first kappa shape index (κ1) is 18.8. The molecule has 0 fully saturated rings. The fourth-order valence-electron chi connectivity index (χ4n) is 2.95. The van der Waals surface area contributed by atoms with E-state index < -0.39 is 15.8 Å². The van der Waals surface area contributed by atoms with Gasteiger partial charge < -0.3 is 0 Å². The van der Waals surface area contributed by atoms with Crippen molar-refractivity contribution in [3.63, 3.8) is 0 Å². The molecule has 4 rings (SSSR count). The van der Waals surface area contributed by atoms with Gasteiger partial charge in [0.2, 0.25) is 0 Å². The molecule has 138 valence electrons. The fourth-order valence-corrected chi connectivity index (χ4v) is 7.82. The third-order valence-electron chi connectivity index (χ3n) is 4.25. The van der Waals surface area contributed by atoms with E-state index in [-0.39, 0.29) is 0 Å². The molecule has 0 bridgehead atoms. The highest BCUT2D eigenvalue weighted by Crippen LogP contribution is 2.39. The number of rotatable bonds is 7. The number of nitrogens with zero attached hydrogens (tertiary/aromatic N) is 4. The molecule has 4 heterocycles. The van der Waals surface area contributed by atoms with Gasteiger partial charge in [0.1, 0.15) is 0 Å². The average Bonchev–Trinajstić information content (AvgIpc) is 2.79. The van der Waals surface area contributed by atoms with Gasteiger partial charge in [0.25, 0.3) is 0 Å². The van der Waals surface area contributed by atoms with Crippen LogP contribution >= 0.6 is 15.8 Å². The van der Waals surface area contributed by atoms with E-state index in [1.54, 1.807) is 0 Å². The number of pyridine rings is 4. The smallest absolute Gasteiger partial charge is 0.0692 e. The lowest BCUT2D eigenvalue weighted by atomic mass is 10.5. The first-order valence-corrected chi connectivity index (χ1v) is 12.2. The topological polar surface area (TPSA) is 51.6 Å². The van der Waals surface area contributed by atoms with Crippen LogP contribution in [0, 0.1) is 0 Å². The third kappa shape index (κ3) is 4.65. The first-order valence-electron chi connectivity index (χ1n) is 9.11. The summed E-state index contributed by atoms with van der Waals surface area (Å²) in [5, 5.41) is 0. The van der Waals surface area contributed by atoms with E-state index in [1.165, 1.54) is 0 Å². The molecule has 0 aliphatic carbocycles. The highest BCUT2D eigenvalue weighted by Gasteiger charge is 2.22. The van der Waals surface area contributed by atoms with Gasteiger partial charge in [-0.1, -0.05) is 24.3 Å². The van der Waals surface area contributed by atoms with Gasteiger partial charge in [-0.25, -0.2) is 0 Å². The van der Waals surface area contributed by atoms with Crippen LogP contribution in [0.2, 0.25) is 0 Å². The van der Waals surface area contributed by atoms with E-state index in [0.29, 0.717) is 0 Å². The Morgan fingerprint density at radius 2 is 0.714 bits per heavy atom. The van der Waals surface area contributed by atoms with Crippen molar-refractivity contribution in [1.82, 2.24) is 19.9 Å². The highest BCUT2D eigenvalue weighted by molar-refractivity contribution is 7.76. The normalized spacial score (nSPS) is 11.1. The monoisotopic (exact) mass is 402 g/mol. The van der Waals surface area contributed by atoms with Crippen LogP contribution in [0.5, 0.6) is 0 Å². The van der Waals surface area contributed by atoms with Gasteiger partial charge in [0, 0.05) is 24.8 Å². The van der Waals surface area contributed by atoms with E-state index in [2.05, 4.69) is 68.5 Å². The fraction of sp³-hybridized carbons (Fsp3) is 0.0909. The molecule has 28 heavy (non-hydrogen) atoms. The van der Waals surface area contributed by atoms with E-state index in [9.17, 15) is 0 Å². The summed E-state index contributed by atoms with van der Waals surface area (Å²) in [5.74, 6) is 0. The van der Waals surface area contributed by atoms with Gasteiger partial charge in [-0.3, -0.25) is 19.9 Å². The molecule has 0 saturated carbocycles. The van der Waals surface area contributed by atoms with Crippen molar-refractivity contribution in [2.45, 2.75) is 0 Å². The van der Waals surface area contributed by atoms with Gasteiger partial charge in [-0.2, -0.15) is 0 Å². The molecule has 0 unspecified atom stereocenters. The largest absolute Gasteiger partial charge is 0.256 e. The second-order valence-electron chi connectivity index (χ2n) is 6.06. The number of hydrogen-bond acceptors (Lipinski definition) is 4. The molecule has 0 saturated heterocycles. The second-order valence-corrected chi connectivity index (χ2v) is 10.5. The van der Waals surface area contributed by atoms with E-state index in [4.69, 9.17) is 0 Å². The zero-order valence-electron chi connectivity index (χ0n) is 15.3. The highest BCUT2D eigenvalue weighted by atomic mass is 31.1. The zero-order valence-corrected chi connectivity index (χ0v) is 17.1. The van der Waals surface area contributed by atoms with Crippen molar-refractivity contribution in [3.05, 3.63) is 97.6 Å². The summed E-state index contributed by atoms with van der Waals surface area (Å²) in [4.78, 5) is 18.6. The molecule has 4 aromatic rings. The first-order chi connectivity index (χ1) is 13.9. The van der Waals surface area contributed by atoms with Crippen LogP contribution in [0.25, 0.3) is 0 Å². The lowest BCUT2D eigenvalue weighted by Gasteiger charge is -2.21. The second kappa shape index (κ2) is 9.59. The molecule has 6 heteroatoms. The minimum absolute atomic E-state index is 0.626. The predicted octanol–water partition coefficient (Wildman–Crippen LogP) is 2.83. The standard InChI is InChI=1S/C22H20N4P2/c1-5-13-23-19(9-1)27(20-10-2-6-14-24-20)17-18-28(21-11-3-7-15-25-21)22-12-4-8-16-26-22/h1-16H,17-18H2. The minimum atomic E-state index is -0.626. The van der Waals surface area contributed by atoms with Crippen molar-refractivity contribution in [2.24, 2.45) is 0 Å². The Labute approximate surface area is 167 Å². The zero-order chi connectivity index (χ0) is 19.0. The van der Waals surface area contributed by atoms with Crippen molar-refractivity contribution in [2.75, 3.05) is 12.3 Å². The Hall–Kier alpha value is -2.54. The van der Waals surface area contributed by atoms with Crippen LogP contribution < -0.4 is 21.7 Å². The van der Waals surface area contributed by atoms with Crippen LogP contribution in [0.4, 0.5) is 0 Å². The van der Waals surface area contributed by atoms with Crippen LogP contribution in [0.3, 0.4) is 0 Å². The SMILES string of the molecule is c1ccc(P(CCP(c2ccccn2)c2ccccn2)c2ccccn2)nc1. The van der Waals surface area contributed by atoms with Crippen molar-refractivity contribution < 1.29 is 0 Å². The van der Waals surface area contributed by atoms with Gasteiger partial charge in [-0.05, 0) is 76.7 Å². The molecule has 0 radical (unpaired) electrons. The Balaban J connectivity index is 1.64. The molecule has 0 N–H and O–H groups in total. The maximum absolute atomic E-state index is 4.64. The summed E-state index contributed by atoms with van der Waals surface area (Å²) in [7, 11) is -1.25. The summed E-state index contributed by atoms with van der Waals surface area (Å²) in [6, 6.07) is 24.5. The van der Waals surface area contributed by atoms with Crippen LogP contribution in [0.1, 0.15) is 0 Å². The summed E-state index contributed by atoms with van der Waals surface area (Å²) >= 11 is 0. The molecule has 0 spiro atoms. The minimum Gasteiger partial charge on any atom is -0.256 e. The van der Waals surface area contributed by atoms with Gasteiger partial charge in [0.15, 0.2) is 0 Å². The predicted molar refractivity (Wildman–Crippen MR) is 119 cm³/mol. The summed E-state index contributed by atoms with van der Waals surface area (Å²) < 4.78 is 0. The van der Waals surface area contributed by atoms with Crippen LogP contribution in [-0.4, -0.2) is 32.3 Å². The van der Waals surface area contributed by atoms with Crippen molar-refractivity contribution in [1.29, 1.82) is 0 Å². The van der Waals surface area contributed by atoms with Crippen LogP contribution in [-0.2, 0) is 0 Å². The Bertz CT molecular complexity index is 808. The Kier molecular flexibility index (Phi) is 6.44.